The Labute approximate surface area is 84.4 Å². The van der Waals surface area contributed by atoms with Gasteiger partial charge in [-0.3, -0.25) is 0 Å². The molecule has 0 aliphatic rings. The van der Waals surface area contributed by atoms with Crippen molar-refractivity contribution in [3.05, 3.63) is 17.5 Å². The lowest BCUT2D eigenvalue weighted by molar-refractivity contribution is 0.0943. The first-order chi connectivity index (χ1) is 6.38. The molecule has 4 heteroatoms. The summed E-state index contributed by atoms with van der Waals surface area (Å²) < 4.78 is 0. The van der Waals surface area contributed by atoms with Crippen molar-refractivity contribution in [2.24, 2.45) is 0 Å². The molecule has 1 heterocycles. The minimum Gasteiger partial charge on any atom is -0.389 e. The number of hydrogen-bond acceptors (Lipinski definition) is 4. The molecule has 0 aromatic carbocycles. The van der Waals surface area contributed by atoms with Gasteiger partial charge in [0.05, 0.1) is 5.60 Å². The van der Waals surface area contributed by atoms with Gasteiger partial charge in [0.1, 0.15) is 0 Å². The van der Waals surface area contributed by atoms with Crippen LogP contribution in [0, 0.1) is 13.8 Å². The van der Waals surface area contributed by atoms with Crippen molar-refractivity contribution in [3.8, 4) is 0 Å². The van der Waals surface area contributed by atoms with Crippen LogP contribution in [0.15, 0.2) is 6.20 Å². The monoisotopic (exact) mass is 195 g/mol. The summed E-state index contributed by atoms with van der Waals surface area (Å²) in [6.07, 6.45) is 1.77. The standard InChI is InChI=1S/C10H17N3O/c1-7-5-11-9(13-8(7)2)12-6-10(3,4)14/h5,14H,6H2,1-4H3,(H,11,12,13). The molecule has 0 atom stereocenters. The highest BCUT2D eigenvalue weighted by molar-refractivity contribution is 5.28. The van der Waals surface area contributed by atoms with Crippen molar-refractivity contribution in [1.82, 2.24) is 9.97 Å². The second-order valence-electron chi connectivity index (χ2n) is 4.13. The van der Waals surface area contributed by atoms with Crippen LogP contribution in [0.5, 0.6) is 0 Å². The van der Waals surface area contributed by atoms with E-state index in [0.717, 1.165) is 11.3 Å². The summed E-state index contributed by atoms with van der Waals surface area (Å²) in [5, 5.41) is 12.5. The van der Waals surface area contributed by atoms with Crippen molar-refractivity contribution in [2.75, 3.05) is 11.9 Å². The number of aliphatic hydroxyl groups is 1. The minimum absolute atomic E-state index is 0.440. The van der Waals surface area contributed by atoms with Gasteiger partial charge < -0.3 is 10.4 Å². The van der Waals surface area contributed by atoms with Gasteiger partial charge in [-0.2, -0.15) is 0 Å². The van der Waals surface area contributed by atoms with Gasteiger partial charge in [-0.15, -0.1) is 0 Å². The zero-order valence-electron chi connectivity index (χ0n) is 9.13. The maximum Gasteiger partial charge on any atom is 0.222 e. The van der Waals surface area contributed by atoms with E-state index in [9.17, 15) is 5.11 Å². The van der Waals surface area contributed by atoms with Crippen LogP contribution in [0.1, 0.15) is 25.1 Å². The Kier molecular flexibility index (Phi) is 3.06. The Hall–Kier alpha value is -1.16. The van der Waals surface area contributed by atoms with Crippen LogP contribution in [0.3, 0.4) is 0 Å². The topological polar surface area (TPSA) is 58.0 Å². The lowest BCUT2D eigenvalue weighted by atomic mass is 10.1. The normalized spacial score (nSPS) is 11.5. The van der Waals surface area contributed by atoms with E-state index in [1.807, 2.05) is 13.8 Å². The lowest BCUT2D eigenvalue weighted by Crippen LogP contribution is -2.30. The average Bonchev–Trinajstić information content (AvgIpc) is 2.06. The first-order valence-electron chi connectivity index (χ1n) is 4.65. The Morgan fingerprint density at radius 2 is 2.07 bits per heavy atom. The van der Waals surface area contributed by atoms with Gasteiger partial charge in [0.15, 0.2) is 0 Å². The van der Waals surface area contributed by atoms with E-state index in [-0.39, 0.29) is 0 Å². The zero-order valence-corrected chi connectivity index (χ0v) is 9.13. The molecule has 1 aromatic rings. The molecule has 0 aliphatic heterocycles. The van der Waals surface area contributed by atoms with Crippen LogP contribution in [0.25, 0.3) is 0 Å². The van der Waals surface area contributed by atoms with E-state index in [1.54, 1.807) is 20.0 Å². The van der Waals surface area contributed by atoms with Gasteiger partial charge in [0.25, 0.3) is 0 Å². The van der Waals surface area contributed by atoms with Gasteiger partial charge in [-0.25, -0.2) is 9.97 Å². The van der Waals surface area contributed by atoms with E-state index in [0.29, 0.717) is 12.5 Å². The third kappa shape index (κ3) is 3.30. The van der Waals surface area contributed by atoms with Crippen molar-refractivity contribution in [2.45, 2.75) is 33.3 Å². The third-order valence-corrected chi connectivity index (χ3v) is 1.90. The first kappa shape index (κ1) is 10.9. The average molecular weight is 195 g/mol. The Balaban J connectivity index is 2.65. The number of anilines is 1. The molecule has 2 N–H and O–H groups in total. The summed E-state index contributed by atoms with van der Waals surface area (Å²) in [6.45, 7) is 7.82. The molecule has 14 heavy (non-hydrogen) atoms. The van der Waals surface area contributed by atoms with Crippen molar-refractivity contribution in [3.63, 3.8) is 0 Å². The maximum absolute atomic E-state index is 9.48. The first-order valence-corrected chi connectivity index (χ1v) is 4.65. The molecule has 1 aromatic heterocycles. The summed E-state index contributed by atoms with van der Waals surface area (Å²) >= 11 is 0. The number of aromatic nitrogens is 2. The predicted molar refractivity (Wildman–Crippen MR) is 56.3 cm³/mol. The number of rotatable bonds is 3. The molecule has 0 radical (unpaired) electrons. The molecule has 0 saturated heterocycles. The van der Waals surface area contributed by atoms with Gasteiger partial charge >= 0.3 is 0 Å². The summed E-state index contributed by atoms with van der Waals surface area (Å²) in [5.74, 6) is 0.565. The van der Waals surface area contributed by atoms with Gasteiger partial charge in [0.2, 0.25) is 5.95 Å². The Morgan fingerprint density at radius 1 is 1.43 bits per heavy atom. The van der Waals surface area contributed by atoms with E-state index in [2.05, 4.69) is 15.3 Å². The quantitative estimate of drug-likeness (QED) is 0.762. The van der Waals surface area contributed by atoms with Crippen LogP contribution < -0.4 is 5.32 Å². The molecule has 0 aliphatic carbocycles. The molecule has 78 valence electrons. The molecule has 0 saturated carbocycles. The van der Waals surface area contributed by atoms with Gasteiger partial charge in [0, 0.05) is 18.4 Å². The number of nitrogens with one attached hydrogen (secondary N) is 1. The highest BCUT2D eigenvalue weighted by Gasteiger charge is 2.12. The molecule has 1 rings (SSSR count). The van der Waals surface area contributed by atoms with Crippen LogP contribution in [-0.4, -0.2) is 27.2 Å². The molecular weight excluding hydrogens is 178 g/mol. The van der Waals surface area contributed by atoms with E-state index in [1.165, 1.54) is 0 Å². The van der Waals surface area contributed by atoms with Crippen molar-refractivity contribution < 1.29 is 5.11 Å². The second kappa shape index (κ2) is 3.92. The third-order valence-electron chi connectivity index (χ3n) is 1.90. The largest absolute Gasteiger partial charge is 0.389 e. The smallest absolute Gasteiger partial charge is 0.222 e. The molecule has 0 unspecified atom stereocenters. The van der Waals surface area contributed by atoms with Gasteiger partial charge in [-0.1, -0.05) is 0 Å². The van der Waals surface area contributed by atoms with Crippen LogP contribution in [0.2, 0.25) is 0 Å². The van der Waals surface area contributed by atoms with Crippen molar-refractivity contribution in [1.29, 1.82) is 0 Å². The highest BCUT2D eigenvalue weighted by Crippen LogP contribution is 2.07. The maximum atomic E-state index is 9.48. The fraction of sp³-hybridized carbons (Fsp3) is 0.600. The molecule has 0 spiro atoms. The summed E-state index contributed by atoms with van der Waals surface area (Å²) in [5.41, 5.74) is 1.28. The number of hydrogen-bond donors (Lipinski definition) is 2. The van der Waals surface area contributed by atoms with Crippen LogP contribution >= 0.6 is 0 Å². The highest BCUT2D eigenvalue weighted by atomic mass is 16.3. The molecule has 4 nitrogen and oxygen atoms in total. The SMILES string of the molecule is Cc1cnc(NCC(C)(C)O)nc1C. The number of aryl methyl sites for hydroxylation is 2. The summed E-state index contributed by atoms with van der Waals surface area (Å²) in [6, 6.07) is 0. The molecule has 0 fully saturated rings. The minimum atomic E-state index is -0.748. The predicted octanol–water partition coefficient (Wildman–Crippen LogP) is 1.28. The summed E-state index contributed by atoms with van der Waals surface area (Å²) in [7, 11) is 0. The van der Waals surface area contributed by atoms with Crippen LogP contribution in [0.4, 0.5) is 5.95 Å². The van der Waals surface area contributed by atoms with Crippen molar-refractivity contribution >= 4 is 5.95 Å². The molecule has 0 bridgehead atoms. The second-order valence-corrected chi connectivity index (χ2v) is 4.13. The fourth-order valence-corrected chi connectivity index (χ4v) is 0.908. The number of nitrogens with zero attached hydrogens (tertiary/aromatic N) is 2. The van der Waals surface area contributed by atoms with E-state index in [4.69, 9.17) is 0 Å². The van der Waals surface area contributed by atoms with Crippen LogP contribution in [-0.2, 0) is 0 Å². The Bertz CT molecular complexity index is 318. The molecular formula is C10H17N3O. The Morgan fingerprint density at radius 3 is 2.57 bits per heavy atom. The summed E-state index contributed by atoms with van der Waals surface area (Å²) in [4.78, 5) is 8.35. The van der Waals surface area contributed by atoms with E-state index >= 15 is 0 Å². The van der Waals surface area contributed by atoms with E-state index < -0.39 is 5.60 Å². The fourth-order valence-electron chi connectivity index (χ4n) is 0.908. The molecule has 0 amide bonds. The lowest BCUT2D eigenvalue weighted by Gasteiger charge is -2.17. The zero-order chi connectivity index (χ0) is 10.8. The van der Waals surface area contributed by atoms with Gasteiger partial charge in [-0.05, 0) is 33.3 Å².